The number of ether oxygens (including phenoxy) is 2. The molecule has 12 nitrogen and oxygen atoms in total. The monoisotopic (exact) mass is 484 g/mol. The normalized spacial score (nSPS) is 19.8. The first kappa shape index (κ1) is 22.9. The molecule has 1 amide bonds. The maximum atomic E-state index is 15.5. The fourth-order valence-electron chi connectivity index (χ4n) is 3.97. The summed E-state index contributed by atoms with van der Waals surface area (Å²) in [6, 6.07) is 1.52. The van der Waals surface area contributed by atoms with Crippen LogP contribution in [-0.4, -0.2) is 81.4 Å². The number of aryl methyl sites for hydroxylation is 1. The summed E-state index contributed by atoms with van der Waals surface area (Å²) < 4.78 is 31.8. The van der Waals surface area contributed by atoms with Gasteiger partial charge in [-0.25, -0.2) is 15.0 Å². The highest BCUT2D eigenvalue weighted by Crippen LogP contribution is 2.34. The van der Waals surface area contributed by atoms with E-state index in [-0.39, 0.29) is 41.3 Å². The predicted molar refractivity (Wildman–Crippen MR) is 121 cm³/mol. The number of rotatable bonds is 6. The van der Waals surface area contributed by atoms with Crippen LogP contribution in [0.1, 0.15) is 29.1 Å². The Bertz CT molecular complexity index is 1210. The number of carbonyl (C=O) groups excluding carboxylic acids is 1. The molecule has 1 aliphatic carbocycles. The van der Waals surface area contributed by atoms with Gasteiger partial charge in [-0.2, -0.15) is 9.37 Å². The van der Waals surface area contributed by atoms with Crippen LogP contribution in [0.3, 0.4) is 0 Å². The van der Waals surface area contributed by atoms with Crippen molar-refractivity contribution in [2.45, 2.75) is 31.9 Å². The molecule has 0 unspecified atom stereocenters. The fourth-order valence-corrected chi connectivity index (χ4v) is 3.97. The third-order valence-electron chi connectivity index (χ3n) is 6.11. The fraction of sp³-hybridized carbons (Fsp3) is 0.455. The van der Waals surface area contributed by atoms with Gasteiger partial charge in [0.2, 0.25) is 17.7 Å². The van der Waals surface area contributed by atoms with Crippen molar-refractivity contribution in [3.8, 4) is 17.1 Å². The van der Waals surface area contributed by atoms with Crippen LogP contribution in [0.5, 0.6) is 5.88 Å². The Morgan fingerprint density at radius 3 is 2.60 bits per heavy atom. The average molecular weight is 484 g/mol. The molecule has 4 heterocycles. The third kappa shape index (κ3) is 4.71. The highest BCUT2D eigenvalue weighted by atomic mass is 19.1. The quantitative estimate of drug-likeness (QED) is 0.543. The molecule has 0 radical (unpaired) electrons. The molecule has 1 saturated carbocycles. The Morgan fingerprint density at radius 1 is 1.23 bits per heavy atom. The molecule has 1 saturated heterocycles. The second kappa shape index (κ2) is 9.41. The molecule has 0 bridgehead atoms. The summed E-state index contributed by atoms with van der Waals surface area (Å²) in [6.07, 6.45) is 3.55. The van der Waals surface area contributed by atoms with Crippen LogP contribution in [0.4, 0.5) is 16.3 Å². The van der Waals surface area contributed by atoms with Gasteiger partial charge in [0, 0.05) is 63.0 Å². The van der Waals surface area contributed by atoms with Gasteiger partial charge in [-0.3, -0.25) is 4.79 Å². The number of nitrogens with zero attached hydrogens (tertiary/aromatic N) is 7. The van der Waals surface area contributed by atoms with Crippen molar-refractivity contribution in [3.05, 3.63) is 35.7 Å². The van der Waals surface area contributed by atoms with Gasteiger partial charge in [0.05, 0.1) is 13.2 Å². The van der Waals surface area contributed by atoms with Gasteiger partial charge < -0.3 is 29.5 Å². The van der Waals surface area contributed by atoms with Gasteiger partial charge in [0.1, 0.15) is 17.6 Å². The number of morpholine rings is 1. The van der Waals surface area contributed by atoms with E-state index in [1.165, 1.54) is 12.4 Å². The van der Waals surface area contributed by atoms with E-state index in [1.54, 1.807) is 24.9 Å². The lowest BCUT2D eigenvalue weighted by molar-refractivity contribution is 0.0213. The molecule has 0 spiro atoms. The first-order valence-electron chi connectivity index (χ1n) is 11.2. The standard InChI is InChI=1S/C22H25FN8O4/c1-12-7-16(29-35-12)20(32)30(2)14-8-15(9-14)34-19-17(23)18(13-10-25-21(24)26-11-13)27-22(28-19)31-3-5-33-6-4-31/h7,10-11,14-15H,3-6,8-9H2,1-2H3,(H2,24,25,26). The second-order valence-corrected chi connectivity index (χ2v) is 8.52. The maximum Gasteiger partial charge on any atom is 0.276 e. The molecule has 3 aromatic heterocycles. The number of hydrogen-bond acceptors (Lipinski definition) is 11. The number of nitrogen functional groups attached to an aromatic ring is 1. The van der Waals surface area contributed by atoms with Crippen molar-refractivity contribution in [1.82, 2.24) is 30.0 Å². The Hall–Kier alpha value is -3.87. The molecular formula is C22H25FN8O4. The first-order chi connectivity index (χ1) is 16.9. The molecular weight excluding hydrogens is 459 g/mol. The van der Waals surface area contributed by atoms with E-state index in [1.807, 2.05) is 4.90 Å². The van der Waals surface area contributed by atoms with Crippen LogP contribution < -0.4 is 15.4 Å². The summed E-state index contributed by atoms with van der Waals surface area (Å²) in [5.74, 6) is -0.124. The van der Waals surface area contributed by atoms with Gasteiger partial charge in [0.15, 0.2) is 5.69 Å². The minimum atomic E-state index is -0.707. The number of nitrogens with two attached hydrogens (primary N) is 1. The summed E-state index contributed by atoms with van der Waals surface area (Å²) in [4.78, 5) is 32.8. The number of anilines is 2. The van der Waals surface area contributed by atoms with Gasteiger partial charge in [-0.05, 0) is 6.92 Å². The molecule has 2 aliphatic rings. The van der Waals surface area contributed by atoms with Gasteiger partial charge in [-0.15, -0.1) is 0 Å². The summed E-state index contributed by atoms with van der Waals surface area (Å²) in [6.45, 7) is 3.91. The van der Waals surface area contributed by atoms with Crippen LogP contribution in [-0.2, 0) is 4.74 Å². The Morgan fingerprint density at radius 2 is 1.94 bits per heavy atom. The van der Waals surface area contributed by atoms with Crippen molar-refractivity contribution in [2.75, 3.05) is 44.0 Å². The number of hydrogen-bond donors (Lipinski definition) is 1. The minimum Gasteiger partial charge on any atom is -0.472 e. The number of carbonyl (C=O) groups is 1. The Balaban J connectivity index is 1.34. The van der Waals surface area contributed by atoms with Crippen molar-refractivity contribution in [1.29, 1.82) is 0 Å². The summed E-state index contributed by atoms with van der Waals surface area (Å²) in [7, 11) is 1.70. The predicted octanol–water partition coefficient (Wildman–Crippen LogP) is 1.47. The van der Waals surface area contributed by atoms with Crippen molar-refractivity contribution in [3.63, 3.8) is 0 Å². The van der Waals surface area contributed by atoms with E-state index in [0.29, 0.717) is 56.4 Å². The lowest BCUT2D eigenvalue weighted by Gasteiger charge is -2.40. The zero-order chi connectivity index (χ0) is 24.5. The average Bonchev–Trinajstić information content (AvgIpc) is 3.28. The SMILES string of the molecule is Cc1cc(C(=O)N(C)C2CC(Oc3nc(N4CCOCC4)nc(-c4cnc(N)nc4)c3F)C2)no1. The van der Waals surface area contributed by atoms with Crippen LogP contribution in [0.25, 0.3) is 11.3 Å². The number of amides is 1. The molecule has 2 N–H and O–H groups in total. The minimum absolute atomic E-state index is 0.0288. The van der Waals surface area contributed by atoms with E-state index in [2.05, 4.69) is 25.1 Å². The molecule has 3 aromatic rings. The molecule has 13 heteroatoms. The van der Waals surface area contributed by atoms with Crippen LogP contribution in [0.2, 0.25) is 0 Å². The van der Waals surface area contributed by atoms with E-state index in [4.69, 9.17) is 19.7 Å². The van der Waals surface area contributed by atoms with Crippen molar-refractivity contribution >= 4 is 17.8 Å². The largest absolute Gasteiger partial charge is 0.472 e. The first-order valence-corrected chi connectivity index (χ1v) is 11.2. The smallest absolute Gasteiger partial charge is 0.276 e. The zero-order valence-electron chi connectivity index (χ0n) is 19.3. The van der Waals surface area contributed by atoms with E-state index >= 15 is 4.39 Å². The Labute approximate surface area is 200 Å². The second-order valence-electron chi connectivity index (χ2n) is 8.52. The maximum absolute atomic E-state index is 15.5. The van der Waals surface area contributed by atoms with Gasteiger partial charge in [0.25, 0.3) is 11.8 Å². The van der Waals surface area contributed by atoms with Crippen molar-refractivity contribution < 1.29 is 23.2 Å². The van der Waals surface area contributed by atoms with Crippen LogP contribution in [0.15, 0.2) is 23.0 Å². The molecule has 5 rings (SSSR count). The summed E-state index contributed by atoms with van der Waals surface area (Å²) in [5, 5.41) is 3.78. The molecule has 0 aromatic carbocycles. The molecule has 184 valence electrons. The van der Waals surface area contributed by atoms with Gasteiger partial charge in [-0.1, -0.05) is 5.16 Å². The third-order valence-corrected chi connectivity index (χ3v) is 6.11. The lowest BCUT2D eigenvalue weighted by Crippen LogP contribution is -2.50. The molecule has 2 fully saturated rings. The molecule has 1 aliphatic heterocycles. The lowest BCUT2D eigenvalue weighted by atomic mass is 9.88. The number of halogens is 1. The topological polar surface area (TPSA) is 146 Å². The molecule has 0 atom stereocenters. The Kier molecular flexibility index (Phi) is 6.16. The zero-order valence-corrected chi connectivity index (χ0v) is 19.3. The highest BCUT2D eigenvalue weighted by Gasteiger charge is 2.38. The van der Waals surface area contributed by atoms with Crippen LogP contribution in [0, 0.1) is 12.7 Å². The summed E-state index contributed by atoms with van der Waals surface area (Å²) >= 11 is 0. The highest BCUT2D eigenvalue weighted by molar-refractivity contribution is 5.92. The van der Waals surface area contributed by atoms with Gasteiger partial charge >= 0.3 is 0 Å². The van der Waals surface area contributed by atoms with E-state index in [0.717, 1.165) is 0 Å². The van der Waals surface area contributed by atoms with E-state index in [9.17, 15) is 4.79 Å². The number of aromatic nitrogens is 5. The van der Waals surface area contributed by atoms with E-state index < -0.39 is 5.82 Å². The van der Waals surface area contributed by atoms with Crippen molar-refractivity contribution in [2.24, 2.45) is 0 Å². The van der Waals surface area contributed by atoms with Crippen LogP contribution >= 0.6 is 0 Å². The molecule has 35 heavy (non-hydrogen) atoms. The summed E-state index contributed by atoms with van der Waals surface area (Å²) in [5.41, 5.74) is 6.22.